The smallest absolute Gasteiger partial charge is 0.406 e. The molecule has 0 fully saturated rings. The summed E-state index contributed by atoms with van der Waals surface area (Å²) >= 11 is 0. The number of nitrogens with one attached hydrogen (secondary N) is 1. The summed E-state index contributed by atoms with van der Waals surface area (Å²) < 4.78 is 40.9. The number of carbonyl (C=O) groups is 1. The highest BCUT2D eigenvalue weighted by atomic mass is 19.4. The molecule has 0 saturated carbocycles. The number of carbonyl (C=O) groups excluding carboxylic acids is 1. The monoisotopic (exact) mass is 343 g/mol. The average Bonchev–Trinajstić information content (AvgIpc) is 2.88. The number of halogens is 3. The number of hydrogen-bond donors (Lipinski definition) is 1. The van der Waals surface area contributed by atoms with Gasteiger partial charge in [-0.1, -0.05) is 18.2 Å². The minimum Gasteiger partial charge on any atom is -0.406 e. The number of amides is 1. The number of nitrogens with zero attached hydrogens (tertiary/aromatic N) is 2. The van der Waals surface area contributed by atoms with Gasteiger partial charge in [-0.25, -0.2) is 5.01 Å². The molecule has 0 spiro atoms. The van der Waals surface area contributed by atoms with Crippen molar-refractivity contribution in [3.63, 3.8) is 0 Å². The predicted molar refractivity (Wildman–Crippen MR) is 82.8 cm³/mol. The van der Waals surface area contributed by atoms with Crippen molar-refractivity contribution in [2.75, 3.05) is 19.6 Å². The van der Waals surface area contributed by atoms with Gasteiger partial charge in [0, 0.05) is 32.8 Å². The van der Waals surface area contributed by atoms with E-state index in [0.717, 1.165) is 5.56 Å². The molecule has 24 heavy (non-hydrogen) atoms. The number of rotatable bonds is 6. The van der Waals surface area contributed by atoms with Crippen LogP contribution in [0.5, 0.6) is 5.75 Å². The number of aryl methyl sites for hydroxylation is 1. The summed E-state index contributed by atoms with van der Waals surface area (Å²) in [7, 11) is 0. The number of benzene rings is 1. The zero-order valence-corrected chi connectivity index (χ0v) is 13.6. The van der Waals surface area contributed by atoms with Gasteiger partial charge in [0.25, 0.3) is 0 Å². The standard InChI is InChI=1S/C16H20F3N3O2/c1-12-10-14(4-5-15(12)24-16(17,18)19)11-22-8-3-7-21(22)9-6-20-13(2)23/h3-5,7,10H,6,8-9,11H2,1-2H3,(H,20,23). The molecule has 1 aliphatic heterocycles. The molecule has 8 heteroatoms. The average molecular weight is 343 g/mol. The van der Waals surface area contributed by atoms with Gasteiger partial charge < -0.3 is 15.1 Å². The van der Waals surface area contributed by atoms with Gasteiger partial charge in [0.1, 0.15) is 5.75 Å². The maximum atomic E-state index is 12.3. The minimum absolute atomic E-state index is 0.0828. The first-order valence-corrected chi connectivity index (χ1v) is 7.52. The summed E-state index contributed by atoms with van der Waals surface area (Å²) in [4.78, 5) is 10.9. The largest absolute Gasteiger partial charge is 0.573 e. The Labute approximate surface area is 138 Å². The van der Waals surface area contributed by atoms with Gasteiger partial charge >= 0.3 is 6.36 Å². The molecule has 0 atom stereocenters. The Morgan fingerprint density at radius 3 is 2.75 bits per heavy atom. The zero-order chi connectivity index (χ0) is 17.7. The summed E-state index contributed by atoms with van der Waals surface area (Å²) in [6.07, 6.45) is -0.775. The van der Waals surface area contributed by atoms with Crippen LogP contribution in [0.1, 0.15) is 18.1 Å². The number of ether oxygens (including phenoxy) is 1. The second kappa shape index (κ2) is 7.57. The first-order valence-electron chi connectivity index (χ1n) is 7.52. The van der Waals surface area contributed by atoms with Crippen molar-refractivity contribution in [3.8, 4) is 5.75 Å². The fourth-order valence-electron chi connectivity index (χ4n) is 2.47. The molecule has 0 unspecified atom stereocenters. The van der Waals surface area contributed by atoms with Gasteiger partial charge in [-0.15, -0.1) is 13.2 Å². The predicted octanol–water partition coefficient (Wildman–Crippen LogP) is 2.58. The Morgan fingerprint density at radius 1 is 1.38 bits per heavy atom. The minimum atomic E-state index is -4.69. The summed E-state index contributed by atoms with van der Waals surface area (Å²) in [5, 5.41) is 6.75. The Kier molecular flexibility index (Phi) is 5.71. The maximum Gasteiger partial charge on any atom is 0.573 e. The number of hydrazine groups is 1. The Morgan fingerprint density at radius 2 is 2.12 bits per heavy atom. The number of hydrogen-bond acceptors (Lipinski definition) is 4. The summed E-state index contributed by atoms with van der Waals surface area (Å²) in [6, 6.07) is 4.65. The topological polar surface area (TPSA) is 44.8 Å². The molecule has 1 aromatic carbocycles. The Balaban J connectivity index is 1.95. The highest BCUT2D eigenvalue weighted by Gasteiger charge is 2.31. The lowest BCUT2D eigenvalue weighted by Crippen LogP contribution is -2.39. The summed E-state index contributed by atoms with van der Waals surface area (Å²) in [5.41, 5.74) is 1.32. The highest BCUT2D eigenvalue weighted by molar-refractivity contribution is 5.72. The molecule has 5 nitrogen and oxygen atoms in total. The van der Waals surface area contributed by atoms with Gasteiger partial charge in [-0.3, -0.25) is 4.79 Å². The van der Waals surface area contributed by atoms with Crippen LogP contribution >= 0.6 is 0 Å². The number of alkyl halides is 3. The van der Waals surface area contributed by atoms with Crippen LogP contribution in [-0.2, 0) is 11.3 Å². The molecule has 0 aromatic heterocycles. The van der Waals surface area contributed by atoms with E-state index in [4.69, 9.17) is 0 Å². The SMILES string of the molecule is CC(=O)NCCN1C=CCN1Cc1ccc(OC(F)(F)F)c(C)c1. The van der Waals surface area contributed by atoms with Crippen molar-refractivity contribution in [2.45, 2.75) is 26.8 Å². The van der Waals surface area contributed by atoms with Gasteiger partial charge in [-0.05, 0) is 24.1 Å². The molecule has 2 rings (SSSR count). The molecule has 0 saturated heterocycles. The van der Waals surface area contributed by atoms with E-state index in [2.05, 4.69) is 10.1 Å². The fourth-order valence-corrected chi connectivity index (χ4v) is 2.47. The van der Waals surface area contributed by atoms with Crippen LogP contribution in [0.4, 0.5) is 13.2 Å². The van der Waals surface area contributed by atoms with Crippen LogP contribution < -0.4 is 10.1 Å². The van der Waals surface area contributed by atoms with E-state index >= 15 is 0 Å². The summed E-state index contributed by atoms with van der Waals surface area (Å²) in [6.45, 7) is 5.46. The van der Waals surface area contributed by atoms with Crippen LogP contribution in [0.25, 0.3) is 0 Å². The maximum absolute atomic E-state index is 12.3. The first-order chi connectivity index (χ1) is 11.2. The van der Waals surface area contributed by atoms with E-state index in [-0.39, 0.29) is 11.7 Å². The van der Waals surface area contributed by atoms with E-state index in [9.17, 15) is 18.0 Å². The Bertz CT molecular complexity index is 617. The second-order valence-electron chi connectivity index (χ2n) is 5.53. The van der Waals surface area contributed by atoms with Gasteiger partial charge in [0.05, 0.1) is 6.54 Å². The van der Waals surface area contributed by atoms with E-state index < -0.39 is 6.36 Å². The van der Waals surface area contributed by atoms with Crippen molar-refractivity contribution >= 4 is 5.91 Å². The van der Waals surface area contributed by atoms with Crippen molar-refractivity contribution < 1.29 is 22.7 Å². The molecule has 1 aromatic rings. The van der Waals surface area contributed by atoms with Crippen LogP contribution in [0.15, 0.2) is 30.5 Å². The van der Waals surface area contributed by atoms with Crippen molar-refractivity contribution in [2.24, 2.45) is 0 Å². The van der Waals surface area contributed by atoms with E-state index in [1.807, 2.05) is 22.3 Å². The molecule has 0 aliphatic carbocycles. The molecule has 1 N–H and O–H groups in total. The first kappa shape index (κ1) is 18.1. The lowest BCUT2D eigenvalue weighted by molar-refractivity contribution is -0.274. The van der Waals surface area contributed by atoms with Crippen molar-refractivity contribution in [3.05, 3.63) is 41.6 Å². The lowest BCUT2D eigenvalue weighted by atomic mass is 10.1. The van der Waals surface area contributed by atoms with E-state index in [1.54, 1.807) is 19.1 Å². The van der Waals surface area contributed by atoms with Gasteiger partial charge in [-0.2, -0.15) is 0 Å². The fraction of sp³-hybridized carbons (Fsp3) is 0.438. The van der Waals surface area contributed by atoms with E-state index in [1.165, 1.54) is 13.0 Å². The quantitative estimate of drug-likeness (QED) is 0.862. The van der Waals surface area contributed by atoms with Gasteiger partial charge in [0.2, 0.25) is 5.91 Å². The molecule has 0 radical (unpaired) electrons. The van der Waals surface area contributed by atoms with Crippen molar-refractivity contribution in [1.29, 1.82) is 0 Å². The molecule has 1 amide bonds. The Hall–Kier alpha value is -2.22. The van der Waals surface area contributed by atoms with Crippen LogP contribution in [-0.4, -0.2) is 41.9 Å². The van der Waals surface area contributed by atoms with Crippen molar-refractivity contribution in [1.82, 2.24) is 15.3 Å². The third kappa shape index (κ3) is 5.45. The third-order valence-electron chi connectivity index (χ3n) is 3.50. The molecular formula is C16H20F3N3O2. The second-order valence-corrected chi connectivity index (χ2v) is 5.53. The molecule has 0 bridgehead atoms. The molecule has 132 valence electrons. The normalized spacial score (nSPS) is 15.0. The molecule has 1 aliphatic rings. The lowest BCUT2D eigenvalue weighted by Gasteiger charge is -2.29. The third-order valence-corrected chi connectivity index (χ3v) is 3.50. The molecular weight excluding hydrogens is 323 g/mol. The van der Waals surface area contributed by atoms with Crippen LogP contribution in [0.3, 0.4) is 0 Å². The van der Waals surface area contributed by atoms with E-state index in [0.29, 0.717) is 31.7 Å². The highest BCUT2D eigenvalue weighted by Crippen LogP contribution is 2.27. The zero-order valence-electron chi connectivity index (χ0n) is 13.6. The molecule has 1 heterocycles. The van der Waals surface area contributed by atoms with Gasteiger partial charge in [0.15, 0.2) is 0 Å². The summed E-state index contributed by atoms with van der Waals surface area (Å²) in [5.74, 6) is -0.270. The van der Waals surface area contributed by atoms with Crippen LogP contribution in [0.2, 0.25) is 0 Å². The van der Waals surface area contributed by atoms with Crippen LogP contribution in [0, 0.1) is 6.92 Å².